The van der Waals surface area contributed by atoms with Gasteiger partial charge in [0.2, 0.25) is 0 Å². The van der Waals surface area contributed by atoms with Crippen molar-refractivity contribution in [1.29, 1.82) is 0 Å². The van der Waals surface area contributed by atoms with Gasteiger partial charge in [0.05, 0.1) is 12.7 Å². The molecule has 0 aromatic rings. The summed E-state index contributed by atoms with van der Waals surface area (Å²) in [6.07, 6.45) is 1.68. The first-order valence-corrected chi connectivity index (χ1v) is 4.78. The number of rotatable bonds is 3. The second-order valence-corrected chi connectivity index (χ2v) is 3.76. The van der Waals surface area contributed by atoms with Gasteiger partial charge in [-0.25, -0.2) is 0 Å². The Hall–Kier alpha value is 0.375. The average molecular weight is 176 g/mol. The topological polar surface area (TPSA) is 49.7 Å². The Balaban J connectivity index is 2.18. The van der Waals surface area contributed by atoms with Gasteiger partial charge in [-0.3, -0.25) is 0 Å². The van der Waals surface area contributed by atoms with Crippen molar-refractivity contribution in [1.82, 2.24) is 0 Å². The second-order valence-electron chi connectivity index (χ2n) is 3.28. The Morgan fingerprint density at radius 2 is 2.27 bits per heavy atom. The van der Waals surface area contributed by atoms with Crippen LogP contribution in [0.1, 0.15) is 12.8 Å². The van der Waals surface area contributed by atoms with Crippen molar-refractivity contribution in [2.24, 2.45) is 5.92 Å². The van der Waals surface area contributed by atoms with Gasteiger partial charge in [0, 0.05) is 0 Å². The van der Waals surface area contributed by atoms with E-state index >= 15 is 0 Å². The van der Waals surface area contributed by atoms with Gasteiger partial charge in [0.15, 0.2) is 9.03 Å². The van der Waals surface area contributed by atoms with Crippen LogP contribution < -0.4 is 0 Å². The van der Waals surface area contributed by atoms with Crippen molar-refractivity contribution < 1.29 is 14.5 Å². The highest BCUT2D eigenvalue weighted by atomic mass is 31.1. The highest BCUT2D eigenvalue weighted by Crippen LogP contribution is 2.34. The van der Waals surface area contributed by atoms with Crippen LogP contribution in [-0.2, 0) is 4.52 Å². The standard InChI is InChI=1S/C6H14BO3P/c7-5-1-4(2-6(5)8)3-10-11-9/h4-6,8-9,11H,1-3,7H2/t4?,5-,6?/m1/s1. The predicted molar refractivity (Wildman–Crippen MR) is 47.5 cm³/mol. The maximum atomic E-state index is 9.35. The molecule has 0 aliphatic heterocycles. The molecule has 2 N–H and O–H groups in total. The van der Waals surface area contributed by atoms with Crippen LogP contribution in [0.4, 0.5) is 0 Å². The Labute approximate surface area is 69.5 Å². The van der Waals surface area contributed by atoms with Crippen molar-refractivity contribution in [2.75, 3.05) is 6.61 Å². The molecule has 1 aliphatic rings. The summed E-state index contributed by atoms with van der Waals surface area (Å²) in [6.45, 7) is 0.594. The summed E-state index contributed by atoms with van der Waals surface area (Å²) < 4.78 is 4.89. The molecule has 1 saturated carbocycles. The first-order valence-electron chi connectivity index (χ1n) is 3.93. The molecular formula is C6H14BO3P. The third-order valence-corrected chi connectivity index (χ3v) is 2.62. The summed E-state index contributed by atoms with van der Waals surface area (Å²) in [5, 5.41) is 9.35. The normalized spacial score (nSPS) is 38.9. The lowest BCUT2D eigenvalue weighted by Crippen LogP contribution is -2.07. The molecule has 0 saturated heterocycles. The molecule has 3 nitrogen and oxygen atoms in total. The lowest BCUT2D eigenvalue weighted by molar-refractivity contribution is 0.169. The molecule has 64 valence electrons. The monoisotopic (exact) mass is 176 g/mol. The van der Waals surface area contributed by atoms with E-state index in [1.165, 1.54) is 0 Å². The first kappa shape index (κ1) is 9.46. The summed E-state index contributed by atoms with van der Waals surface area (Å²) in [4.78, 5) is 8.40. The van der Waals surface area contributed by atoms with E-state index in [0.29, 0.717) is 18.3 Å². The second kappa shape index (κ2) is 4.41. The van der Waals surface area contributed by atoms with Crippen LogP contribution in [0.5, 0.6) is 0 Å². The zero-order chi connectivity index (χ0) is 8.27. The molecule has 1 aliphatic carbocycles. The number of aliphatic hydroxyl groups is 1. The van der Waals surface area contributed by atoms with Crippen LogP contribution in [0.2, 0.25) is 5.82 Å². The van der Waals surface area contributed by atoms with Gasteiger partial charge in [-0.15, -0.1) is 0 Å². The Morgan fingerprint density at radius 1 is 1.55 bits per heavy atom. The highest BCUT2D eigenvalue weighted by Gasteiger charge is 2.29. The van der Waals surface area contributed by atoms with Crippen molar-refractivity contribution in [3.8, 4) is 0 Å². The molecule has 3 unspecified atom stereocenters. The smallest absolute Gasteiger partial charge is 0.152 e. The lowest BCUT2D eigenvalue weighted by atomic mass is 9.84. The van der Waals surface area contributed by atoms with E-state index in [1.54, 1.807) is 0 Å². The molecule has 1 rings (SSSR count). The summed E-state index contributed by atoms with van der Waals surface area (Å²) >= 11 is 0. The maximum Gasteiger partial charge on any atom is 0.152 e. The predicted octanol–water partition coefficient (Wildman–Crippen LogP) is -0.304. The molecule has 0 amide bonds. The van der Waals surface area contributed by atoms with Gasteiger partial charge in [-0.1, -0.05) is 6.42 Å². The van der Waals surface area contributed by atoms with Crippen LogP contribution in [0, 0.1) is 5.92 Å². The minimum absolute atomic E-state index is 0.161. The highest BCUT2D eigenvalue weighted by molar-refractivity contribution is 7.24. The van der Waals surface area contributed by atoms with Gasteiger partial charge in [0.25, 0.3) is 0 Å². The molecule has 0 aromatic heterocycles. The molecule has 0 spiro atoms. The average Bonchev–Trinajstić information content (AvgIpc) is 2.28. The molecule has 0 bridgehead atoms. The quantitative estimate of drug-likeness (QED) is 0.458. The fourth-order valence-electron chi connectivity index (χ4n) is 1.64. The van der Waals surface area contributed by atoms with Gasteiger partial charge in [-0.2, -0.15) is 0 Å². The molecule has 0 radical (unpaired) electrons. The van der Waals surface area contributed by atoms with E-state index in [-0.39, 0.29) is 6.10 Å². The van der Waals surface area contributed by atoms with E-state index in [0.717, 1.165) is 12.8 Å². The van der Waals surface area contributed by atoms with Crippen LogP contribution in [0.3, 0.4) is 0 Å². The zero-order valence-corrected chi connectivity index (χ0v) is 7.66. The number of aliphatic hydroxyl groups excluding tert-OH is 1. The summed E-state index contributed by atoms with van der Waals surface area (Å²) in [5.41, 5.74) is 0. The number of hydrogen-bond donors (Lipinski definition) is 2. The van der Waals surface area contributed by atoms with Crippen molar-refractivity contribution in [3.63, 3.8) is 0 Å². The molecule has 0 aromatic carbocycles. The van der Waals surface area contributed by atoms with Crippen LogP contribution in [-0.4, -0.2) is 30.6 Å². The van der Waals surface area contributed by atoms with Crippen molar-refractivity contribution in [2.45, 2.75) is 24.8 Å². The Bertz CT molecular complexity index is 114. The first-order chi connectivity index (χ1) is 5.24. The molecule has 1 fully saturated rings. The fourth-order valence-corrected chi connectivity index (χ4v) is 1.95. The van der Waals surface area contributed by atoms with Gasteiger partial charge < -0.3 is 14.5 Å². The van der Waals surface area contributed by atoms with Crippen LogP contribution in [0.25, 0.3) is 0 Å². The van der Waals surface area contributed by atoms with Gasteiger partial charge in [-0.05, 0) is 18.2 Å². The van der Waals surface area contributed by atoms with Crippen LogP contribution in [0.15, 0.2) is 0 Å². The minimum Gasteiger partial charge on any atom is -0.394 e. The van der Waals surface area contributed by atoms with Gasteiger partial charge in [0.1, 0.15) is 7.85 Å². The SMILES string of the molecule is B[C@@H]1CC(COPO)CC1O. The summed E-state index contributed by atoms with van der Waals surface area (Å²) in [6, 6.07) is 0. The van der Waals surface area contributed by atoms with Gasteiger partial charge >= 0.3 is 0 Å². The van der Waals surface area contributed by atoms with E-state index in [4.69, 9.17) is 9.42 Å². The zero-order valence-electron chi connectivity index (χ0n) is 6.66. The molecule has 5 heteroatoms. The Kier molecular flexibility index (Phi) is 3.80. The molecule has 0 heterocycles. The molecule has 4 atom stereocenters. The maximum absolute atomic E-state index is 9.35. The third kappa shape index (κ3) is 2.71. The molecule has 11 heavy (non-hydrogen) atoms. The van der Waals surface area contributed by atoms with Crippen molar-refractivity contribution in [3.05, 3.63) is 0 Å². The van der Waals surface area contributed by atoms with Crippen molar-refractivity contribution >= 4 is 16.9 Å². The van der Waals surface area contributed by atoms with E-state index in [9.17, 15) is 5.11 Å². The number of hydrogen-bond acceptors (Lipinski definition) is 3. The lowest BCUT2D eigenvalue weighted by Gasteiger charge is -2.06. The minimum atomic E-state index is -0.413. The summed E-state index contributed by atoms with van der Waals surface area (Å²) in [7, 11) is 1.63. The third-order valence-electron chi connectivity index (χ3n) is 2.32. The van der Waals surface area contributed by atoms with E-state index < -0.39 is 9.03 Å². The largest absolute Gasteiger partial charge is 0.394 e. The molecular weight excluding hydrogens is 162 g/mol. The van der Waals surface area contributed by atoms with E-state index in [1.807, 2.05) is 7.85 Å². The van der Waals surface area contributed by atoms with E-state index in [2.05, 4.69) is 0 Å². The van der Waals surface area contributed by atoms with Crippen LogP contribution >= 0.6 is 9.03 Å². The fraction of sp³-hybridized carbons (Fsp3) is 1.00. The summed E-state index contributed by atoms with van der Waals surface area (Å²) in [5.74, 6) is 0.838. The Morgan fingerprint density at radius 3 is 2.73 bits per heavy atom.